The van der Waals surface area contributed by atoms with E-state index in [-0.39, 0.29) is 35.6 Å². The van der Waals surface area contributed by atoms with E-state index in [2.05, 4.69) is 36.0 Å². The Bertz CT molecular complexity index is 7960. The van der Waals surface area contributed by atoms with Crippen LogP contribution in [0.3, 0.4) is 0 Å². The van der Waals surface area contributed by atoms with Crippen molar-refractivity contribution < 1.29 is 71.5 Å². The molecule has 0 radical (unpaired) electrons. The van der Waals surface area contributed by atoms with Crippen molar-refractivity contribution in [2.45, 2.75) is 68.7 Å². The van der Waals surface area contributed by atoms with E-state index in [9.17, 15) is 33.6 Å². The highest BCUT2D eigenvalue weighted by molar-refractivity contribution is 7.75. The Morgan fingerprint density at radius 2 is 0.650 bits per heavy atom. The second kappa shape index (κ2) is 47.1. The van der Waals surface area contributed by atoms with Gasteiger partial charge in [-0.1, -0.05) is 170 Å². The molecule has 18 rings (SSSR count). The Labute approximate surface area is 845 Å². The summed E-state index contributed by atoms with van der Waals surface area (Å²) in [5.74, 6) is 1.98. The van der Waals surface area contributed by atoms with Gasteiger partial charge in [0, 0.05) is 118 Å². The van der Waals surface area contributed by atoms with Crippen LogP contribution in [0.1, 0.15) is 76.4 Å². The zero-order valence-electron chi connectivity index (χ0n) is 74.5. The Balaban J connectivity index is 0.000000139. The lowest BCUT2D eigenvalue weighted by Gasteiger charge is -2.12. The van der Waals surface area contributed by atoms with Crippen molar-refractivity contribution in [1.29, 1.82) is 0 Å². The van der Waals surface area contributed by atoms with Gasteiger partial charge >= 0.3 is 35.8 Å². The van der Waals surface area contributed by atoms with E-state index in [0.29, 0.717) is 73.6 Å². The van der Waals surface area contributed by atoms with Crippen LogP contribution in [0.25, 0.3) is 129 Å². The standard InChI is InChI=1S/C19H15NO3S2.C18H15NO3S2.C17H13NO3S2.C17H13NO2S2.C16H10ClNO2S2.C16H11NO2S2/c1-10-8-15(14(11(2)21)9-17(10)23-12(3)22)18-20-16-7-5-4-6-13(16)19(24)25-18;1-3-16(20)22-11-8-9-13(15(10-11)21-2)17-19-14-7-5-4-6-12(14)18(23)24-17;1-10(19)21-12-8-6-11(7-9-12)16-18-15-13(17(22)23-16)4-3-5-14(15)20-2;1-10-3-8-15-14(9-10)17(21)22-16(18-15)12-4-6-13(7-5-12)20-11(2)19;1-9(19)20-12-5-2-10(3-6-12)15-18-14-7-4-11(17)8-13(14)16(21)22-15;1-10(18)19-12-8-6-11(7-9-12)15-17-14-5-3-2-4-13(14)16(20)21-15/h4-9H,1-3H3;4-10H,3H2,1-2H3;3-9H,1-2H3;3-9H,1-2H3;2-8H,1H3;2-9H,1H3. The van der Waals surface area contributed by atoms with Gasteiger partial charge in [-0.15, -0.1) is 68.0 Å². The first-order valence-electron chi connectivity index (χ1n) is 41.3. The summed E-state index contributed by atoms with van der Waals surface area (Å²) in [7, 11) is 3.19. The van der Waals surface area contributed by atoms with Gasteiger partial charge in [0.05, 0.1) is 47.4 Å². The smallest absolute Gasteiger partial charge is 0.310 e. The lowest BCUT2D eigenvalue weighted by Crippen LogP contribution is -2.06. The number of aryl methyl sites for hydroxylation is 2. The first kappa shape index (κ1) is 101. The first-order chi connectivity index (χ1) is 65.7. The van der Waals surface area contributed by atoms with Gasteiger partial charge in [0.1, 0.15) is 105 Å². The number of hydrogen-bond donors (Lipinski definition) is 0. The normalized spacial score (nSPS) is 10.6. The minimum atomic E-state index is -0.426. The quantitative estimate of drug-likeness (QED) is 0.0376. The van der Waals surface area contributed by atoms with Crippen LogP contribution in [0, 0.1) is 36.8 Å². The number of aromatic nitrogens is 6. The molecule has 0 N–H and O–H groups in total. The number of fused-ring (bicyclic) bond motifs is 6. The fourth-order valence-corrected chi connectivity index (χ4v) is 20.9. The molecule has 0 spiro atoms. The van der Waals surface area contributed by atoms with Gasteiger partial charge in [0.2, 0.25) is 0 Å². The molecule has 34 heteroatoms. The van der Waals surface area contributed by atoms with E-state index >= 15 is 0 Å². The molecule has 0 bridgehead atoms. The van der Waals surface area contributed by atoms with Crippen molar-refractivity contribution in [3.8, 4) is 109 Å². The van der Waals surface area contributed by atoms with E-state index in [1.165, 1.54) is 115 Å². The van der Waals surface area contributed by atoms with Crippen LogP contribution < -0.4 is 37.9 Å². The number of ketones is 1. The van der Waals surface area contributed by atoms with Crippen molar-refractivity contribution in [2.75, 3.05) is 14.2 Å². The number of esters is 6. The molecule has 688 valence electrons. The summed E-state index contributed by atoms with van der Waals surface area (Å²) in [4.78, 5) is 107. The van der Waals surface area contributed by atoms with E-state index in [1.807, 2.05) is 190 Å². The second-order valence-corrected chi connectivity index (χ2v) is 39.8. The molecular weight excluding hydrogens is 1980 g/mol. The molecule has 0 saturated heterocycles. The highest BCUT2D eigenvalue weighted by atomic mass is 35.5. The molecule has 0 unspecified atom stereocenters. The summed E-state index contributed by atoms with van der Waals surface area (Å²) in [5, 5.41) is 11.1. The summed E-state index contributed by atoms with van der Waals surface area (Å²) in [5.41, 5.74) is 12.6. The van der Waals surface area contributed by atoms with Crippen LogP contribution in [-0.2, 0) is 28.8 Å². The maximum Gasteiger partial charge on any atom is 0.310 e. The second-order valence-electron chi connectivity index (χ2n) is 29.4. The van der Waals surface area contributed by atoms with E-state index in [0.717, 1.165) is 147 Å². The molecule has 0 atom stereocenters. The van der Waals surface area contributed by atoms with Gasteiger partial charge in [0.15, 0.2) is 5.78 Å². The molecule has 0 aliphatic rings. The molecule has 137 heavy (non-hydrogen) atoms. The lowest BCUT2D eigenvalue weighted by molar-refractivity contribution is -0.134. The molecule has 12 aromatic carbocycles. The predicted molar refractivity (Wildman–Crippen MR) is 565 cm³/mol. The van der Waals surface area contributed by atoms with Gasteiger partial charge in [-0.25, -0.2) is 29.9 Å². The summed E-state index contributed by atoms with van der Waals surface area (Å²) in [6.45, 7) is 13.9. The van der Waals surface area contributed by atoms with Crippen LogP contribution in [-0.4, -0.2) is 85.7 Å². The van der Waals surface area contributed by atoms with Gasteiger partial charge in [0.25, 0.3) is 0 Å². The summed E-state index contributed by atoms with van der Waals surface area (Å²) < 4.78 is 46.0. The third-order valence-electron chi connectivity index (χ3n) is 19.4. The monoisotopic (exact) mass is 2060 g/mol. The Morgan fingerprint density at radius 1 is 0.307 bits per heavy atom. The molecule has 0 saturated carbocycles. The number of rotatable bonds is 16. The van der Waals surface area contributed by atoms with Crippen molar-refractivity contribution in [3.63, 3.8) is 0 Å². The zero-order valence-corrected chi connectivity index (χ0v) is 85.1. The zero-order chi connectivity index (χ0) is 97.8. The van der Waals surface area contributed by atoms with Crippen LogP contribution in [0.15, 0.2) is 255 Å². The molecule has 6 aromatic heterocycles. The topological polar surface area (TPSA) is 271 Å². The van der Waals surface area contributed by atoms with Crippen molar-refractivity contribution in [1.82, 2.24) is 29.9 Å². The molecule has 0 aliphatic heterocycles. The number of methoxy groups -OCH3 is 2. The number of benzene rings is 12. The van der Waals surface area contributed by atoms with Crippen molar-refractivity contribution in [2.24, 2.45) is 0 Å². The number of carbonyl (C=O) groups excluding carboxylic acids is 7. The Kier molecular flexibility index (Phi) is 34.8. The third-order valence-corrected chi connectivity index (χ3v) is 28.0. The number of hydrogen-bond acceptors (Lipinski definition) is 33. The number of ether oxygens (including phenoxy) is 8. The molecule has 0 amide bonds. The van der Waals surface area contributed by atoms with E-state index in [1.54, 1.807) is 93.9 Å². The predicted octanol–water partition coefficient (Wildman–Crippen LogP) is 29.6. The average molecular weight is 2060 g/mol. The van der Waals surface area contributed by atoms with E-state index in [4.69, 9.17) is 123 Å². The lowest BCUT2D eigenvalue weighted by atomic mass is 10.0. The maximum absolute atomic E-state index is 12.1. The van der Waals surface area contributed by atoms with Gasteiger partial charge in [-0.05, 0) is 202 Å². The van der Waals surface area contributed by atoms with Gasteiger partial charge in [-0.3, -0.25) is 33.6 Å². The van der Waals surface area contributed by atoms with Crippen molar-refractivity contribution >= 4 is 260 Å². The SMILES string of the molecule is CC(=O)Oc1cc(C(C)=O)c(-c2nc3ccccc3c(=S)s2)cc1C.CC(=O)Oc1ccc(-c2nc3ccc(C)cc3c(=S)s2)cc1.CC(=O)Oc1ccc(-c2nc3ccc(Cl)cc3c(=S)s2)cc1.CC(=O)Oc1ccc(-c2nc3ccccc3c(=S)s2)cc1.CCC(=O)Oc1ccc(-c2nc3ccccc3c(=S)s2)c(OC)c1.COc1cccc2c(=S)sc(-c3ccc(OC(C)=O)cc3)nc12. The molecule has 6 heterocycles. The average Bonchev–Trinajstić information content (AvgIpc) is 0.796. The third kappa shape index (κ3) is 26.8. The molecule has 0 fully saturated rings. The maximum atomic E-state index is 12.1. The Hall–Kier alpha value is -13.1. The van der Waals surface area contributed by atoms with Crippen molar-refractivity contribution in [3.05, 3.63) is 299 Å². The highest BCUT2D eigenvalue weighted by Crippen LogP contribution is 2.41. The minimum Gasteiger partial charge on any atom is -0.496 e. The summed E-state index contributed by atoms with van der Waals surface area (Å²) in [6, 6.07) is 78.1. The summed E-state index contributed by atoms with van der Waals surface area (Å²) in [6.07, 6.45) is 0.317. The Morgan fingerprint density at radius 3 is 1.05 bits per heavy atom. The fraction of sp³-hybridized carbons (Fsp3) is 0.117. The van der Waals surface area contributed by atoms with Crippen LogP contribution in [0.2, 0.25) is 5.02 Å². The van der Waals surface area contributed by atoms with E-state index < -0.39 is 5.97 Å². The van der Waals surface area contributed by atoms with Crippen LogP contribution in [0.5, 0.6) is 46.0 Å². The van der Waals surface area contributed by atoms with Gasteiger partial charge < -0.3 is 37.9 Å². The van der Waals surface area contributed by atoms with Crippen LogP contribution in [0.4, 0.5) is 0 Å². The number of Topliss-reactive ketones (excluding diaryl/α,β-unsaturated/α-hetero) is 1. The van der Waals surface area contributed by atoms with Gasteiger partial charge in [-0.2, -0.15) is 0 Å². The highest BCUT2D eigenvalue weighted by Gasteiger charge is 2.21. The fourth-order valence-electron chi connectivity index (χ4n) is 13.1. The number of nitrogens with zero attached hydrogens (tertiary/aromatic N) is 6. The number of para-hydroxylation sites is 4. The largest absolute Gasteiger partial charge is 0.496 e. The molecule has 0 aliphatic carbocycles. The molecule has 18 aromatic rings. The summed E-state index contributed by atoms with van der Waals surface area (Å²) >= 11 is 47.4. The number of carbonyl (C=O) groups is 7. The van der Waals surface area contributed by atoms with Crippen LogP contribution >= 0.6 is 153 Å². The molecular formula is C103H77ClN6O15S12. The first-order valence-corrected chi connectivity index (χ1v) is 49.1. The minimum absolute atomic E-state index is 0.128. The number of halogens is 1. The molecule has 21 nitrogen and oxygen atoms in total.